The Labute approximate surface area is 97.5 Å². The third-order valence-corrected chi connectivity index (χ3v) is 2.51. The van der Waals surface area contributed by atoms with Gasteiger partial charge in [-0.3, -0.25) is 0 Å². The van der Waals surface area contributed by atoms with Crippen LogP contribution in [0.5, 0.6) is 0 Å². The molecule has 0 aliphatic carbocycles. The highest BCUT2D eigenvalue weighted by molar-refractivity contribution is 9.10. The maximum atomic E-state index is 4.24. The summed E-state index contributed by atoms with van der Waals surface area (Å²) in [5, 5.41) is 3.24. The molecule has 0 radical (unpaired) electrons. The maximum absolute atomic E-state index is 4.24. The van der Waals surface area contributed by atoms with E-state index in [4.69, 9.17) is 0 Å². The maximum Gasteiger partial charge on any atom is 0.130 e. The number of nitrogens with one attached hydrogen (secondary N) is 1. The van der Waals surface area contributed by atoms with Crippen LogP contribution in [0.25, 0.3) is 0 Å². The van der Waals surface area contributed by atoms with Gasteiger partial charge in [0.1, 0.15) is 5.82 Å². The highest BCUT2D eigenvalue weighted by Crippen LogP contribution is 2.19. The summed E-state index contributed by atoms with van der Waals surface area (Å²) in [5.41, 5.74) is 2.23. The lowest BCUT2D eigenvalue weighted by Gasteiger charge is -2.06. The molecule has 0 saturated carbocycles. The van der Waals surface area contributed by atoms with Crippen molar-refractivity contribution in [1.29, 1.82) is 0 Å². The number of rotatable bonds is 2. The van der Waals surface area contributed by atoms with Crippen LogP contribution in [0.4, 0.5) is 11.5 Å². The molecular weight excluding hydrogens is 252 g/mol. The van der Waals surface area contributed by atoms with Crippen LogP contribution in [-0.4, -0.2) is 4.98 Å². The molecule has 2 rings (SSSR count). The lowest BCUT2D eigenvalue weighted by Crippen LogP contribution is -1.93. The molecule has 0 atom stereocenters. The molecule has 1 aromatic heterocycles. The Morgan fingerprint density at radius 3 is 2.80 bits per heavy atom. The molecule has 0 amide bonds. The van der Waals surface area contributed by atoms with E-state index in [1.165, 1.54) is 5.56 Å². The number of aromatic nitrogens is 1. The zero-order valence-corrected chi connectivity index (χ0v) is 9.95. The van der Waals surface area contributed by atoms with Crippen LogP contribution in [0.2, 0.25) is 0 Å². The molecule has 2 nitrogen and oxygen atoms in total. The number of nitrogens with zero attached hydrogens (tertiary/aromatic N) is 1. The molecule has 0 aliphatic rings. The van der Waals surface area contributed by atoms with Gasteiger partial charge in [-0.05, 0) is 42.8 Å². The van der Waals surface area contributed by atoms with Gasteiger partial charge in [0.05, 0.1) is 0 Å². The van der Waals surface area contributed by atoms with Crippen LogP contribution in [0, 0.1) is 6.92 Å². The molecule has 0 fully saturated rings. The lowest BCUT2D eigenvalue weighted by atomic mass is 10.3. The third kappa shape index (κ3) is 2.80. The molecule has 76 valence electrons. The van der Waals surface area contributed by atoms with E-state index in [2.05, 4.69) is 26.2 Å². The zero-order chi connectivity index (χ0) is 10.7. The van der Waals surface area contributed by atoms with Gasteiger partial charge < -0.3 is 5.32 Å². The van der Waals surface area contributed by atoms with Crippen molar-refractivity contribution in [1.82, 2.24) is 4.98 Å². The van der Waals surface area contributed by atoms with Gasteiger partial charge in [0.2, 0.25) is 0 Å². The first-order valence-corrected chi connectivity index (χ1v) is 5.48. The summed E-state index contributed by atoms with van der Waals surface area (Å²) in [6.45, 7) is 2.05. The van der Waals surface area contributed by atoms with Gasteiger partial charge in [-0.1, -0.05) is 22.0 Å². The Morgan fingerprint density at radius 1 is 1.20 bits per heavy atom. The van der Waals surface area contributed by atoms with E-state index in [1.54, 1.807) is 6.20 Å². The second-order valence-corrected chi connectivity index (χ2v) is 4.27. The van der Waals surface area contributed by atoms with Gasteiger partial charge in [-0.2, -0.15) is 0 Å². The molecule has 0 saturated heterocycles. The van der Waals surface area contributed by atoms with Gasteiger partial charge in [0, 0.05) is 16.4 Å². The number of pyridine rings is 1. The normalized spacial score (nSPS) is 10.0. The Morgan fingerprint density at radius 2 is 2.07 bits per heavy atom. The lowest BCUT2D eigenvalue weighted by molar-refractivity contribution is 1.27. The van der Waals surface area contributed by atoms with E-state index in [0.29, 0.717) is 0 Å². The second kappa shape index (κ2) is 4.45. The zero-order valence-electron chi connectivity index (χ0n) is 8.37. The smallest absolute Gasteiger partial charge is 0.130 e. The van der Waals surface area contributed by atoms with Crippen LogP contribution in [0.3, 0.4) is 0 Å². The van der Waals surface area contributed by atoms with E-state index < -0.39 is 0 Å². The second-order valence-electron chi connectivity index (χ2n) is 3.35. The van der Waals surface area contributed by atoms with Gasteiger partial charge in [-0.15, -0.1) is 0 Å². The number of halogens is 1. The number of hydrogen-bond donors (Lipinski definition) is 1. The Bertz CT molecular complexity index is 425. The van der Waals surface area contributed by atoms with E-state index in [9.17, 15) is 0 Å². The molecule has 15 heavy (non-hydrogen) atoms. The number of benzene rings is 1. The molecule has 3 heteroatoms. The van der Waals surface area contributed by atoms with Crippen molar-refractivity contribution in [3.05, 3.63) is 52.6 Å². The molecule has 0 spiro atoms. The van der Waals surface area contributed by atoms with Crippen molar-refractivity contribution < 1.29 is 0 Å². The van der Waals surface area contributed by atoms with Crippen molar-refractivity contribution >= 4 is 27.4 Å². The van der Waals surface area contributed by atoms with E-state index >= 15 is 0 Å². The summed E-state index contributed by atoms with van der Waals surface area (Å²) in [6, 6.07) is 12.0. The first kappa shape index (κ1) is 10.2. The molecule has 1 heterocycles. The predicted octanol–water partition coefficient (Wildman–Crippen LogP) is 3.90. The van der Waals surface area contributed by atoms with Crippen LogP contribution in [0.1, 0.15) is 5.56 Å². The Balaban J connectivity index is 2.22. The molecular formula is C12H11BrN2. The Kier molecular flexibility index (Phi) is 3.02. The van der Waals surface area contributed by atoms with Gasteiger partial charge in [0.25, 0.3) is 0 Å². The summed E-state index contributed by atoms with van der Waals surface area (Å²) < 4.78 is 1.06. The summed E-state index contributed by atoms with van der Waals surface area (Å²) in [4.78, 5) is 4.24. The average molecular weight is 263 g/mol. The quantitative estimate of drug-likeness (QED) is 0.888. The monoisotopic (exact) mass is 262 g/mol. The molecule has 0 unspecified atom stereocenters. The predicted molar refractivity (Wildman–Crippen MR) is 66.4 cm³/mol. The van der Waals surface area contributed by atoms with Crippen LogP contribution >= 0.6 is 15.9 Å². The first-order valence-electron chi connectivity index (χ1n) is 4.69. The van der Waals surface area contributed by atoms with Gasteiger partial charge >= 0.3 is 0 Å². The van der Waals surface area contributed by atoms with E-state index in [1.807, 2.05) is 43.3 Å². The summed E-state index contributed by atoms with van der Waals surface area (Å²) in [7, 11) is 0. The van der Waals surface area contributed by atoms with Gasteiger partial charge in [-0.25, -0.2) is 4.98 Å². The molecule has 0 aliphatic heterocycles. The third-order valence-electron chi connectivity index (χ3n) is 2.01. The van der Waals surface area contributed by atoms with Crippen LogP contribution in [-0.2, 0) is 0 Å². The van der Waals surface area contributed by atoms with Crippen LogP contribution in [0.15, 0.2) is 47.1 Å². The summed E-state index contributed by atoms with van der Waals surface area (Å²) in [6.07, 6.45) is 1.80. The van der Waals surface area contributed by atoms with E-state index in [-0.39, 0.29) is 0 Å². The topological polar surface area (TPSA) is 24.9 Å². The fraction of sp³-hybridized carbons (Fsp3) is 0.0833. The van der Waals surface area contributed by atoms with Crippen molar-refractivity contribution in [3.63, 3.8) is 0 Å². The number of anilines is 2. The van der Waals surface area contributed by atoms with Crippen molar-refractivity contribution in [2.24, 2.45) is 0 Å². The Hall–Kier alpha value is -1.35. The molecule has 1 aromatic carbocycles. The van der Waals surface area contributed by atoms with Gasteiger partial charge in [0.15, 0.2) is 0 Å². The minimum atomic E-state index is 0.869. The minimum absolute atomic E-state index is 0.869. The van der Waals surface area contributed by atoms with Crippen molar-refractivity contribution in [3.8, 4) is 0 Å². The molecule has 2 aromatic rings. The largest absolute Gasteiger partial charge is 0.340 e. The summed E-state index contributed by atoms with van der Waals surface area (Å²) in [5.74, 6) is 0.869. The highest BCUT2D eigenvalue weighted by atomic mass is 79.9. The fourth-order valence-corrected chi connectivity index (χ4v) is 1.72. The van der Waals surface area contributed by atoms with Crippen molar-refractivity contribution in [2.45, 2.75) is 6.92 Å². The SMILES string of the molecule is Cc1ccnc(Nc2cccc(Br)c2)c1. The standard InChI is InChI=1S/C12H11BrN2/c1-9-5-6-14-12(7-9)15-11-4-2-3-10(13)8-11/h2-8H,1H3,(H,14,15). The van der Waals surface area contributed by atoms with Crippen molar-refractivity contribution in [2.75, 3.05) is 5.32 Å². The number of aryl methyl sites for hydroxylation is 1. The highest BCUT2D eigenvalue weighted by Gasteiger charge is 1.96. The first-order chi connectivity index (χ1) is 7.24. The van der Waals surface area contributed by atoms with Crippen LogP contribution < -0.4 is 5.32 Å². The average Bonchev–Trinajstić information content (AvgIpc) is 2.17. The minimum Gasteiger partial charge on any atom is -0.340 e. The fourth-order valence-electron chi connectivity index (χ4n) is 1.32. The number of hydrogen-bond acceptors (Lipinski definition) is 2. The molecule has 0 bridgehead atoms. The van der Waals surface area contributed by atoms with E-state index in [0.717, 1.165) is 16.0 Å². The summed E-state index contributed by atoms with van der Waals surface area (Å²) >= 11 is 3.43. The molecule has 1 N–H and O–H groups in total.